The summed E-state index contributed by atoms with van der Waals surface area (Å²) in [5, 5.41) is 12.4. The molecule has 1 aromatic heterocycles. The summed E-state index contributed by atoms with van der Waals surface area (Å²) in [6, 6.07) is 5.03. The van der Waals surface area contributed by atoms with E-state index in [0.717, 1.165) is 13.1 Å². The smallest absolute Gasteiger partial charge is 0.354 e. The van der Waals surface area contributed by atoms with Gasteiger partial charge < -0.3 is 29.4 Å². The fourth-order valence-corrected chi connectivity index (χ4v) is 2.63. The number of aromatic nitrogens is 1. The largest absolute Gasteiger partial charge is 0.477 e. The number of rotatable bonds is 3. The van der Waals surface area contributed by atoms with Crippen molar-refractivity contribution in [1.29, 1.82) is 0 Å². The Balaban J connectivity index is 1.83. The van der Waals surface area contributed by atoms with Gasteiger partial charge in [0, 0.05) is 32.7 Å². The first-order chi connectivity index (χ1) is 13.8. The Morgan fingerprint density at radius 1 is 0.929 bits per heavy atom. The van der Waals surface area contributed by atoms with Crippen LogP contribution < -0.4 is 5.32 Å². The Morgan fingerprint density at radius 2 is 1.50 bits per heavy atom. The highest BCUT2D eigenvalue weighted by atomic mass is 16.5. The molecule has 9 nitrogen and oxygen atoms in total. The summed E-state index contributed by atoms with van der Waals surface area (Å²) in [5.74, 6) is -1.02. The topological polar surface area (TPSA) is 102 Å². The average molecular weight is 397 g/mol. The number of hydrogen-bond donors (Lipinski definition) is 2. The van der Waals surface area contributed by atoms with Gasteiger partial charge in [-0.15, -0.1) is 0 Å². The molecule has 1 fully saturated rings. The molecule has 0 bridgehead atoms. The summed E-state index contributed by atoms with van der Waals surface area (Å²) in [7, 11) is 0. The first kappa shape index (κ1) is 22.7. The molecular formula is C19H31N3O6. The molecule has 0 saturated carbocycles. The van der Waals surface area contributed by atoms with Crippen molar-refractivity contribution in [3.8, 4) is 0 Å². The molecule has 1 aliphatic heterocycles. The SMILES string of the molecule is O=C(O)c1cccc(CN2CCOCCOCCNCCOCCOCC2)n1. The molecule has 1 aromatic rings. The molecule has 0 amide bonds. The molecule has 0 atom stereocenters. The van der Waals surface area contributed by atoms with Crippen molar-refractivity contribution < 1.29 is 28.8 Å². The summed E-state index contributed by atoms with van der Waals surface area (Å²) in [4.78, 5) is 17.5. The summed E-state index contributed by atoms with van der Waals surface area (Å²) < 4.78 is 22.3. The van der Waals surface area contributed by atoms with Crippen molar-refractivity contribution in [1.82, 2.24) is 15.2 Å². The molecule has 1 saturated heterocycles. The summed E-state index contributed by atoms with van der Waals surface area (Å²) in [5.41, 5.74) is 0.761. The third-order valence-electron chi connectivity index (χ3n) is 4.11. The molecule has 9 heteroatoms. The van der Waals surface area contributed by atoms with Gasteiger partial charge in [-0.2, -0.15) is 0 Å². The second-order valence-electron chi connectivity index (χ2n) is 6.29. The molecule has 2 rings (SSSR count). The maximum atomic E-state index is 11.1. The van der Waals surface area contributed by atoms with E-state index in [1.165, 1.54) is 6.07 Å². The minimum Gasteiger partial charge on any atom is -0.477 e. The van der Waals surface area contributed by atoms with Crippen LogP contribution in [0.15, 0.2) is 18.2 Å². The van der Waals surface area contributed by atoms with E-state index < -0.39 is 5.97 Å². The number of ether oxygens (including phenoxy) is 4. The van der Waals surface area contributed by atoms with Crippen LogP contribution >= 0.6 is 0 Å². The number of carbonyl (C=O) groups is 1. The zero-order valence-electron chi connectivity index (χ0n) is 16.3. The van der Waals surface area contributed by atoms with Crippen LogP contribution in [0, 0.1) is 0 Å². The molecule has 0 aromatic carbocycles. The normalized spacial score (nSPS) is 20.1. The second-order valence-corrected chi connectivity index (χ2v) is 6.29. The highest BCUT2D eigenvalue weighted by Gasteiger charge is 2.10. The number of nitrogens with one attached hydrogen (secondary N) is 1. The van der Waals surface area contributed by atoms with Gasteiger partial charge in [-0.1, -0.05) is 6.07 Å². The van der Waals surface area contributed by atoms with Crippen molar-refractivity contribution in [3.05, 3.63) is 29.6 Å². The predicted molar refractivity (Wildman–Crippen MR) is 103 cm³/mol. The molecule has 0 spiro atoms. The maximum absolute atomic E-state index is 11.1. The predicted octanol–water partition coefficient (Wildman–Crippen LogP) is 0.251. The number of pyridine rings is 1. The van der Waals surface area contributed by atoms with E-state index in [1.807, 2.05) is 6.07 Å². The highest BCUT2D eigenvalue weighted by molar-refractivity contribution is 5.85. The molecule has 158 valence electrons. The van der Waals surface area contributed by atoms with Crippen molar-refractivity contribution in [3.63, 3.8) is 0 Å². The lowest BCUT2D eigenvalue weighted by atomic mass is 10.3. The van der Waals surface area contributed by atoms with E-state index in [9.17, 15) is 4.79 Å². The summed E-state index contributed by atoms with van der Waals surface area (Å²) in [6.45, 7) is 8.11. The van der Waals surface area contributed by atoms with Gasteiger partial charge in [0.15, 0.2) is 0 Å². The zero-order chi connectivity index (χ0) is 19.9. The number of carboxylic acids is 1. The third-order valence-corrected chi connectivity index (χ3v) is 4.11. The number of hydrogen-bond acceptors (Lipinski definition) is 8. The van der Waals surface area contributed by atoms with Crippen LogP contribution in [0.4, 0.5) is 0 Å². The molecule has 1 aliphatic rings. The quantitative estimate of drug-likeness (QED) is 0.743. The van der Waals surface area contributed by atoms with Crippen LogP contribution in [0.3, 0.4) is 0 Å². The summed E-state index contributed by atoms with van der Waals surface area (Å²) >= 11 is 0. The Bertz CT molecular complexity index is 542. The molecule has 28 heavy (non-hydrogen) atoms. The van der Waals surface area contributed by atoms with Gasteiger partial charge in [-0.25, -0.2) is 9.78 Å². The van der Waals surface area contributed by atoms with E-state index in [-0.39, 0.29) is 5.69 Å². The van der Waals surface area contributed by atoms with Crippen LogP contribution in [0.1, 0.15) is 16.2 Å². The number of aromatic carboxylic acids is 1. The van der Waals surface area contributed by atoms with E-state index in [4.69, 9.17) is 24.1 Å². The van der Waals surface area contributed by atoms with Gasteiger partial charge in [-0.05, 0) is 12.1 Å². The van der Waals surface area contributed by atoms with Gasteiger partial charge >= 0.3 is 5.97 Å². The van der Waals surface area contributed by atoms with E-state index in [0.29, 0.717) is 78.2 Å². The van der Waals surface area contributed by atoms with Gasteiger partial charge in [0.1, 0.15) is 5.69 Å². The fraction of sp³-hybridized carbons (Fsp3) is 0.684. The standard InChI is InChI=1S/C19H31N3O6/c23-19(24)18-3-1-2-17(21-18)16-22-6-10-27-14-12-25-8-4-20-5-9-26-13-15-28-11-7-22/h1-3,20H,4-16H2,(H,23,24). The van der Waals surface area contributed by atoms with Gasteiger partial charge in [0.2, 0.25) is 0 Å². The van der Waals surface area contributed by atoms with Crippen molar-refractivity contribution >= 4 is 5.97 Å². The molecular weight excluding hydrogens is 366 g/mol. The van der Waals surface area contributed by atoms with Gasteiger partial charge in [0.05, 0.1) is 58.5 Å². The Hall–Kier alpha value is -1.62. The monoisotopic (exact) mass is 397 g/mol. The minimum atomic E-state index is -1.02. The van der Waals surface area contributed by atoms with Gasteiger partial charge in [-0.3, -0.25) is 4.90 Å². The Labute approximate surface area is 165 Å². The van der Waals surface area contributed by atoms with Crippen LogP contribution in [-0.2, 0) is 25.5 Å². The van der Waals surface area contributed by atoms with Crippen LogP contribution in [0.5, 0.6) is 0 Å². The first-order valence-corrected chi connectivity index (χ1v) is 9.69. The van der Waals surface area contributed by atoms with Crippen molar-refractivity contribution in [2.24, 2.45) is 0 Å². The third kappa shape index (κ3) is 10.1. The van der Waals surface area contributed by atoms with Crippen LogP contribution in [0.25, 0.3) is 0 Å². The first-order valence-electron chi connectivity index (χ1n) is 9.69. The molecule has 2 N–H and O–H groups in total. The second kappa shape index (κ2) is 14.4. The number of carboxylic acid groups (broad SMARTS) is 1. The Morgan fingerprint density at radius 3 is 2.07 bits per heavy atom. The van der Waals surface area contributed by atoms with Crippen molar-refractivity contribution in [2.75, 3.05) is 79.0 Å². The van der Waals surface area contributed by atoms with E-state index >= 15 is 0 Å². The molecule has 0 radical (unpaired) electrons. The molecule has 2 heterocycles. The zero-order valence-corrected chi connectivity index (χ0v) is 16.3. The minimum absolute atomic E-state index is 0.0511. The van der Waals surface area contributed by atoms with Gasteiger partial charge in [0.25, 0.3) is 0 Å². The molecule has 0 unspecified atom stereocenters. The van der Waals surface area contributed by atoms with Crippen molar-refractivity contribution in [2.45, 2.75) is 6.54 Å². The average Bonchev–Trinajstić information content (AvgIpc) is 2.69. The fourth-order valence-electron chi connectivity index (χ4n) is 2.63. The lowest BCUT2D eigenvalue weighted by Gasteiger charge is -2.22. The lowest BCUT2D eigenvalue weighted by molar-refractivity contribution is 0.0192. The Kier molecular flexibility index (Phi) is 11.6. The number of nitrogens with zero attached hydrogens (tertiary/aromatic N) is 2. The van der Waals surface area contributed by atoms with E-state index in [1.54, 1.807) is 6.07 Å². The maximum Gasteiger partial charge on any atom is 0.354 e. The highest BCUT2D eigenvalue weighted by Crippen LogP contribution is 2.04. The van der Waals surface area contributed by atoms with Crippen LogP contribution in [-0.4, -0.2) is 100.0 Å². The van der Waals surface area contributed by atoms with Crippen LogP contribution in [0.2, 0.25) is 0 Å². The van der Waals surface area contributed by atoms with E-state index in [2.05, 4.69) is 15.2 Å². The molecule has 0 aliphatic carbocycles. The summed E-state index contributed by atoms with van der Waals surface area (Å²) in [6.07, 6.45) is 0. The lowest BCUT2D eigenvalue weighted by Crippen LogP contribution is -2.32.